The standard InChI is InChI=1S/C35H25N/c1-4-11-26(12-5-1)28-19-21-29(22-20-28)31-17-10-18-32(23-31)35-25-33(27-13-6-2-7-14-27)24-34(36-35)30-15-8-3-9-16-30/h1-25H. The molecule has 0 atom stereocenters. The molecule has 0 aliphatic heterocycles. The molecule has 6 rings (SSSR count). The summed E-state index contributed by atoms with van der Waals surface area (Å²) in [6.07, 6.45) is 0. The molecule has 6 aromatic rings. The van der Waals surface area contributed by atoms with E-state index in [0.717, 1.165) is 28.1 Å². The van der Waals surface area contributed by atoms with Crippen molar-refractivity contribution in [3.63, 3.8) is 0 Å². The molecule has 0 saturated heterocycles. The largest absolute Gasteiger partial charge is 0.248 e. The number of rotatable bonds is 5. The van der Waals surface area contributed by atoms with Crippen molar-refractivity contribution in [3.05, 3.63) is 152 Å². The molecule has 1 nitrogen and oxygen atoms in total. The molecule has 0 fully saturated rings. The molecule has 0 bridgehead atoms. The van der Waals surface area contributed by atoms with E-state index in [9.17, 15) is 0 Å². The van der Waals surface area contributed by atoms with Crippen LogP contribution in [-0.2, 0) is 0 Å². The van der Waals surface area contributed by atoms with Gasteiger partial charge in [-0.2, -0.15) is 0 Å². The number of pyridine rings is 1. The van der Waals surface area contributed by atoms with Crippen molar-refractivity contribution in [2.45, 2.75) is 0 Å². The van der Waals surface area contributed by atoms with E-state index >= 15 is 0 Å². The highest BCUT2D eigenvalue weighted by Crippen LogP contribution is 2.32. The lowest BCUT2D eigenvalue weighted by Gasteiger charge is -2.12. The quantitative estimate of drug-likeness (QED) is 0.250. The van der Waals surface area contributed by atoms with Crippen molar-refractivity contribution >= 4 is 0 Å². The topological polar surface area (TPSA) is 12.9 Å². The second kappa shape index (κ2) is 9.85. The average Bonchev–Trinajstić information content (AvgIpc) is 2.98. The van der Waals surface area contributed by atoms with Crippen LogP contribution in [-0.4, -0.2) is 4.98 Å². The third-order valence-electron chi connectivity index (χ3n) is 6.49. The first-order valence-corrected chi connectivity index (χ1v) is 12.2. The summed E-state index contributed by atoms with van der Waals surface area (Å²) in [5.74, 6) is 0. The molecule has 0 aliphatic rings. The molecule has 1 heterocycles. The van der Waals surface area contributed by atoms with Crippen molar-refractivity contribution in [2.24, 2.45) is 0 Å². The van der Waals surface area contributed by atoms with Gasteiger partial charge in [-0.05, 0) is 51.6 Å². The second-order valence-corrected chi connectivity index (χ2v) is 8.88. The first-order valence-electron chi connectivity index (χ1n) is 12.2. The predicted octanol–water partition coefficient (Wildman–Crippen LogP) is 9.42. The molecular weight excluding hydrogens is 434 g/mol. The van der Waals surface area contributed by atoms with E-state index in [2.05, 4.69) is 140 Å². The summed E-state index contributed by atoms with van der Waals surface area (Å²) in [5.41, 5.74) is 11.3. The van der Waals surface area contributed by atoms with Crippen LogP contribution < -0.4 is 0 Å². The molecular formula is C35H25N. The van der Waals surface area contributed by atoms with E-state index < -0.39 is 0 Å². The van der Waals surface area contributed by atoms with Crippen LogP contribution in [0.25, 0.3) is 55.9 Å². The fourth-order valence-corrected chi connectivity index (χ4v) is 4.58. The zero-order chi connectivity index (χ0) is 24.2. The fourth-order valence-electron chi connectivity index (χ4n) is 4.58. The normalized spacial score (nSPS) is 10.8. The smallest absolute Gasteiger partial charge is 0.0715 e. The van der Waals surface area contributed by atoms with Crippen LogP contribution in [0.4, 0.5) is 0 Å². The summed E-state index contributed by atoms with van der Waals surface area (Å²) in [4.78, 5) is 5.09. The van der Waals surface area contributed by atoms with Gasteiger partial charge in [0.2, 0.25) is 0 Å². The van der Waals surface area contributed by atoms with E-state index in [4.69, 9.17) is 4.98 Å². The molecule has 0 N–H and O–H groups in total. The maximum absolute atomic E-state index is 5.09. The van der Waals surface area contributed by atoms with Gasteiger partial charge in [-0.1, -0.05) is 133 Å². The zero-order valence-electron chi connectivity index (χ0n) is 19.9. The second-order valence-electron chi connectivity index (χ2n) is 8.88. The molecule has 0 saturated carbocycles. The van der Waals surface area contributed by atoms with Crippen LogP contribution in [0, 0.1) is 0 Å². The molecule has 0 amide bonds. The van der Waals surface area contributed by atoms with Gasteiger partial charge in [-0.15, -0.1) is 0 Å². The summed E-state index contributed by atoms with van der Waals surface area (Å²) in [5, 5.41) is 0. The van der Waals surface area contributed by atoms with Gasteiger partial charge in [0.05, 0.1) is 11.4 Å². The van der Waals surface area contributed by atoms with Crippen LogP contribution in [0.5, 0.6) is 0 Å². The molecule has 36 heavy (non-hydrogen) atoms. The fraction of sp³-hybridized carbons (Fsp3) is 0. The van der Waals surface area contributed by atoms with E-state index in [-0.39, 0.29) is 0 Å². The van der Waals surface area contributed by atoms with Gasteiger partial charge in [0.1, 0.15) is 0 Å². The van der Waals surface area contributed by atoms with Gasteiger partial charge in [-0.25, -0.2) is 4.98 Å². The van der Waals surface area contributed by atoms with Gasteiger partial charge < -0.3 is 0 Å². The van der Waals surface area contributed by atoms with Gasteiger partial charge in [0.15, 0.2) is 0 Å². The SMILES string of the molecule is c1ccc(-c2ccc(-c3cccc(-c4cc(-c5ccccc5)cc(-c5ccccc5)n4)c3)cc2)cc1. The van der Waals surface area contributed by atoms with Gasteiger partial charge in [-0.3, -0.25) is 0 Å². The van der Waals surface area contributed by atoms with Crippen LogP contribution in [0.3, 0.4) is 0 Å². The number of benzene rings is 5. The lowest BCUT2D eigenvalue weighted by Crippen LogP contribution is -1.91. The molecule has 0 radical (unpaired) electrons. The number of aromatic nitrogens is 1. The first kappa shape index (κ1) is 21.8. The summed E-state index contributed by atoms with van der Waals surface area (Å²) in [6, 6.07) is 53.2. The van der Waals surface area contributed by atoms with E-state index in [1.54, 1.807) is 0 Å². The van der Waals surface area contributed by atoms with Gasteiger partial charge in [0.25, 0.3) is 0 Å². The summed E-state index contributed by atoms with van der Waals surface area (Å²) >= 11 is 0. The molecule has 5 aromatic carbocycles. The van der Waals surface area contributed by atoms with Gasteiger partial charge in [0, 0.05) is 11.1 Å². The summed E-state index contributed by atoms with van der Waals surface area (Å²) in [7, 11) is 0. The molecule has 170 valence electrons. The Morgan fingerprint density at radius 3 is 1.22 bits per heavy atom. The maximum Gasteiger partial charge on any atom is 0.0715 e. The van der Waals surface area contributed by atoms with Crippen molar-refractivity contribution in [3.8, 4) is 55.9 Å². The molecule has 1 heteroatoms. The maximum atomic E-state index is 5.09. The minimum atomic E-state index is 0.970. The predicted molar refractivity (Wildman–Crippen MR) is 151 cm³/mol. The summed E-state index contributed by atoms with van der Waals surface area (Å²) < 4.78 is 0. The van der Waals surface area contributed by atoms with Crippen molar-refractivity contribution in [1.29, 1.82) is 0 Å². The van der Waals surface area contributed by atoms with Crippen molar-refractivity contribution < 1.29 is 0 Å². The van der Waals surface area contributed by atoms with E-state index in [1.165, 1.54) is 27.8 Å². The Morgan fingerprint density at radius 2 is 0.639 bits per heavy atom. The van der Waals surface area contributed by atoms with Crippen LogP contribution >= 0.6 is 0 Å². The lowest BCUT2D eigenvalue weighted by molar-refractivity contribution is 1.32. The highest BCUT2D eigenvalue weighted by atomic mass is 14.7. The molecule has 0 unspecified atom stereocenters. The number of hydrogen-bond donors (Lipinski definition) is 0. The Hall–Kier alpha value is -4.75. The van der Waals surface area contributed by atoms with E-state index in [1.807, 2.05) is 12.1 Å². The minimum Gasteiger partial charge on any atom is -0.248 e. The Balaban J connectivity index is 1.41. The van der Waals surface area contributed by atoms with Gasteiger partial charge >= 0.3 is 0 Å². The van der Waals surface area contributed by atoms with Crippen LogP contribution in [0.15, 0.2) is 152 Å². The van der Waals surface area contributed by atoms with E-state index in [0.29, 0.717) is 0 Å². The Bertz CT molecular complexity index is 1530. The zero-order valence-corrected chi connectivity index (χ0v) is 19.9. The molecule has 1 aromatic heterocycles. The van der Waals surface area contributed by atoms with Crippen LogP contribution in [0.2, 0.25) is 0 Å². The first-order chi connectivity index (χ1) is 17.8. The Kier molecular flexibility index (Phi) is 5.96. The highest BCUT2D eigenvalue weighted by Gasteiger charge is 2.10. The third-order valence-corrected chi connectivity index (χ3v) is 6.49. The average molecular weight is 460 g/mol. The van der Waals surface area contributed by atoms with Crippen molar-refractivity contribution in [1.82, 2.24) is 4.98 Å². The Morgan fingerprint density at radius 1 is 0.250 bits per heavy atom. The van der Waals surface area contributed by atoms with Crippen LogP contribution in [0.1, 0.15) is 0 Å². The van der Waals surface area contributed by atoms with Crippen molar-refractivity contribution in [2.75, 3.05) is 0 Å². The minimum absolute atomic E-state index is 0.970. The number of nitrogens with zero attached hydrogens (tertiary/aromatic N) is 1. The number of hydrogen-bond acceptors (Lipinski definition) is 1. The summed E-state index contributed by atoms with van der Waals surface area (Å²) in [6.45, 7) is 0. The monoisotopic (exact) mass is 459 g/mol. The molecule has 0 aliphatic carbocycles. The highest BCUT2D eigenvalue weighted by molar-refractivity contribution is 5.79. The third kappa shape index (κ3) is 4.60. The Labute approximate surface area is 212 Å². The molecule has 0 spiro atoms. The lowest BCUT2D eigenvalue weighted by atomic mass is 9.97.